The number of methoxy groups -OCH3 is 2. The molecule has 0 unspecified atom stereocenters. The molecule has 0 spiro atoms. The van der Waals surface area contributed by atoms with Crippen LogP contribution in [0.3, 0.4) is 0 Å². The monoisotopic (exact) mass is 564 g/mol. The van der Waals surface area contributed by atoms with E-state index < -0.39 is 0 Å². The van der Waals surface area contributed by atoms with Gasteiger partial charge in [-0.05, 0) is 97.4 Å². The molecule has 8 heteroatoms. The van der Waals surface area contributed by atoms with Crippen molar-refractivity contribution in [2.24, 2.45) is 0 Å². The largest absolute Gasteiger partial charge is 0.507 e. The van der Waals surface area contributed by atoms with Crippen LogP contribution in [-0.2, 0) is 25.7 Å². The molecule has 4 N–H and O–H groups in total. The molecule has 0 fully saturated rings. The van der Waals surface area contributed by atoms with E-state index in [2.05, 4.69) is 34.9 Å². The van der Waals surface area contributed by atoms with E-state index >= 15 is 0 Å². The van der Waals surface area contributed by atoms with Crippen LogP contribution in [0.25, 0.3) is 11.1 Å². The minimum absolute atomic E-state index is 0.0371. The molecule has 4 aromatic carbocycles. The molecular weight excluding hydrogens is 532 g/mol. The van der Waals surface area contributed by atoms with Gasteiger partial charge in [-0.15, -0.1) is 0 Å². The Hall–Kier alpha value is -4.40. The van der Waals surface area contributed by atoms with Crippen molar-refractivity contribution in [1.82, 2.24) is 10.6 Å². The van der Waals surface area contributed by atoms with Gasteiger partial charge >= 0.3 is 0 Å². The third-order valence-corrected chi connectivity index (χ3v) is 9.08. The lowest BCUT2D eigenvalue weighted by Gasteiger charge is -2.35. The van der Waals surface area contributed by atoms with E-state index in [4.69, 9.17) is 18.9 Å². The van der Waals surface area contributed by atoms with Crippen LogP contribution in [0.4, 0.5) is 0 Å². The second kappa shape index (κ2) is 9.58. The Labute approximate surface area is 243 Å². The lowest BCUT2D eigenvalue weighted by Crippen LogP contribution is -2.32. The number of rotatable bonds is 2. The maximum Gasteiger partial charge on any atom is 0.215 e. The van der Waals surface area contributed by atoms with Crippen LogP contribution in [0.5, 0.6) is 46.0 Å². The molecule has 4 aliphatic rings. The van der Waals surface area contributed by atoms with Crippen LogP contribution < -0.4 is 29.6 Å². The van der Waals surface area contributed by atoms with Crippen LogP contribution in [0, 0.1) is 0 Å². The lowest BCUT2D eigenvalue weighted by atomic mass is 9.86. The predicted octanol–water partition coefficient (Wildman–Crippen LogP) is 5.85. The van der Waals surface area contributed by atoms with Crippen LogP contribution >= 0.6 is 0 Å². The van der Waals surface area contributed by atoms with Gasteiger partial charge in [0.15, 0.2) is 23.0 Å². The summed E-state index contributed by atoms with van der Waals surface area (Å²) in [6.07, 6.45) is 2.90. The van der Waals surface area contributed by atoms with Crippen LogP contribution in [-0.4, -0.2) is 37.5 Å². The summed E-state index contributed by atoms with van der Waals surface area (Å²) >= 11 is 0. The number of fused-ring (bicyclic) bond motifs is 5. The first-order valence-corrected chi connectivity index (χ1v) is 14.5. The highest BCUT2D eigenvalue weighted by Crippen LogP contribution is 2.59. The summed E-state index contributed by atoms with van der Waals surface area (Å²) in [5.41, 5.74) is 7.94. The highest BCUT2D eigenvalue weighted by Gasteiger charge is 2.37. The zero-order valence-corrected chi connectivity index (χ0v) is 23.5. The Balaban J connectivity index is 1.39. The van der Waals surface area contributed by atoms with Crippen molar-refractivity contribution in [3.63, 3.8) is 0 Å². The van der Waals surface area contributed by atoms with E-state index in [1.54, 1.807) is 20.3 Å². The van der Waals surface area contributed by atoms with Crippen LogP contribution in [0.2, 0.25) is 0 Å². The Kier molecular flexibility index (Phi) is 5.77. The van der Waals surface area contributed by atoms with Gasteiger partial charge in [0.2, 0.25) is 11.5 Å². The van der Waals surface area contributed by atoms with Crippen molar-refractivity contribution in [3.8, 4) is 57.1 Å². The van der Waals surface area contributed by atoms with Crippen molar-refractivity contribution >= 4 is 0 Å². The molecule has 0 amide bonds. The van der Waals surface area contributed by atoms with Crippen molar-refractivity contribution in [2.75, 3.05) is 27.3 Å². The van der Waals surface area contributed by atoms with Gasteiger partial charge in [-0.2, -0.15) is 0 Å². The fourth-order valence-corrected chi connectivity index (χ4v) is 7.12. The standard InChI is InChI=1S/C34H32N2O6/c1-39-27-6-4-18-12-23(27)22-11-17(3-5-26(22)37)13-24-21-16-29-28(15-19(21)7-9-35-24)42-34-31(38)32(40-2)20-8-10-36-25(14-18)30(20)33(34)41-29/h3-6,11-12,15-16,24-25,35-38H,7-10,13-14H2,1-2H3/t24-,25+/m0/s1. The summed E-state index contributed by atoms with van der Waals surface area (Å²) in [6, 6.07) is 16.0. The minimum Gasteiger partial charge on any atom is -0.507 e. The molecule has 4 heterocycles. The number of ether oxygens (including phenoxy) is 4. The van der Waals surface area contributed by atoms with Crippen molar-refractivity contribution in [2.45, 2.75) is 37.8 Å². The molecular formula is C34H32N2O6. The van der Waals surface area contributed by atoms with Gasteiger partial charge in [0, 0.05) is 34.3 Å². The van der Waals surface area contributed by atoms with E-state index in [-0.39, 0.29) is 29.3 Å². The smallest absolute Gasteiger partial charge is 0.215 e. The summed E-state index contributed by atoms with van der Waals surface area (Å²) in [7, 11) is 3.23. The predicted molar refractivity (Wildman–Crippen MR) is 158 cm³/mol. The zero-order chi connectivity index (χ0) is 28.5. The average Bonchev–Trinajstić information content (AvgIpc) is 3.00. The molecule has 0 saturated heterocycles. The lowest BCUT2D eigenvalue weighted by molar-refractivity contribution is 0.305. The molecule has 214 valence electrons. The topological polar surface area (TPSA) is 101 Å². The fraction of sp³-hybridized carbons (Fsp3) is 0.294. The minimum atomic E-state index is -0.136. The Morgan fingerprint density at radius 3 is 2.31 bits per heavy atom. The summed E-state index contributed by atoms with van der Waals surface area (Å²) in [4.78, 5) is 0. The molecule has 8 nitrogen and oxygen atoms in total. The van der Waals surface area contributed by atoms with Crippen LogP contribution in [0.1, 0.15) is 45.5 Å². The van der Waals surface area contributed by atoms with Gasteiger partial charge in [0.25, 0.3) is 0 Å². The number of phenols is 2. The number of hydrogen-bond acceptors (Lipinski definition) is 8. The first kappa shape index (κ1) is 25.3. The van der Waals surface area contributed by atoms with Crippen molar-refractivity contribution < 1.29 is 29.2 Å². The molecule has 0 aromatic heterocycles. The van der Waals surface area contributed by atoms with E-state index in [1.807, 2.05) is 18.2 Å². The van der Waals surface area contributed by atoms with Gasteiger partial charge in [0.05, 0.1) is 14.2 Å². The molecule has 8 rings (SSSR count). The zero-order valence-electron chi connectivity index (χ0n) is 23.5. The quantitative estimate of drug-likeness (QED) is 0.212. The highest BCUT2D eigenvalue weighted by atomic mass is 16.6. The van der Waals surface area contributed by atoms with Gasteiger partial charge < -0.3 is 39.8 Å². The fourth-order valence-electron chi connectivity index (χ4n) is 7.12. The highest BCUT2D eigenvalue weighted by molar-refractivity contribution is 5.77. The third kappa shape index (κ3) is 3.82. The molecule has 0 radical (unpaired) electrons. The Bertz CT molecular complexity index is 1770. The second-order valence-corrected chi connectivity index (χ2v) is 11.4. The van der Waals surface area contributed by atoms with Gasteiger partial charge in [0.1, 0.15) is 11.5 Å². The van der Waals surface area contributed by atoms with Crippen molar-refractivity contribution in [3.05, 3.63) is 81.9 Å². The van der Waals surface area contributed by atoms with Gasteiger partial charge in [-0.25, -0.2) is 0 Å². The summed E-state index contributed by atoms with van der Waals surface area (Å²) < 4.78 is 24.7. The first-order valence-electron chi connectivity index (χ1n) is 14.5. The second-order valence-electron chi connectivity index (χ2n) is 11.4. The van der Waals surface area contributed by atoms with Crippen LogP contribution in [0.15, 0.2) is 48.5 Å². The molecule has 42 heavy (non-hydrogen) atoms. The third-order valence-electron chi connectivity index (χ3n) is 9.08. The van der Waals surface area contributed by atoms with E-state index in [0.29, 0.717) is 41.6 Å². The SMILES string of the molecule is COc1ccc2cc1-c1cc(ccc1O)C[C@@H]1NCCc3cc4c(cc31)Oc1c(c(O)c(OC)c3c1[C@@H](C2)NCC3)O4. The molecule has 4 aliphatic heterocycles. The average molecular weight is 565 g/mol. The number of aromatic hydroxyl groups is 2. The van der Waals surface area contributed by atoms with Gasteiger partial charge in [-0.3, -0.25) is 0 Å². The maximum atomic E-state index is 11.3. The molecule has 4 aromatic rings. The van der Waals surface area contributed by atoms with Gasteiger partial charge in [-0.1, -0.05) is 12.1 Å². The molecule has 0 aliphatic carbocycles. The number of nitrogens with one attached hydrogen (secondary N) is 2. The summed E-state index contributed by atoms with van der Waals surface area (Å²) in [6.45, 7) is 1.55. The van der Waals surface area contributed by atoms with E-state index in [0.717, 1.165) is 64.9 Å². The van der Waals surface area contributed by atoms with E-state index in [9.17, 15) is 10.2 Å². The summed E-state index contributed by atoms with van der Waals surface area (Å²) in [5, 5.41) is 29.7. The first-order chi connectivity index (χ1) is 20.5. The number of phenolic OH excluding ortho intramolecular Hbond substituents is 2. The normalized spacial score (nSPS) is 19.5. The number of benzene rings is 4. The molecule has 0 saturated carbocycles. The Morgan fingerprint density at radius 1 is 0.762 bits per heavy atom. The van der Waals surface area contributed by atoms with E-state index in [1.165, 1.54) is 5.56 Å². The molecule has 2 atom stereocenters. The maximum absolute atomic E-state index is 11.3. The number of hydrogen-bond donors (Lipinski definition) is 4. The molecule has 7 bridgehead atoms. The summed E-state index contributed by atoms with van der Waals surface area (Å²) in [5.74, 6) is 3.34. The van der Waals surface area contributed by atoms with Crippen molar-refractivity contribution in [1.29, 1.82) is 0 Å². The Morgan fingerprint density at radius 2 is 1.48 bits per heavy atom.